The number of nitrogens with zero attached hydrogens (tertiary/aromatic N) is 2. The number of hydrogen-bond acceptors (Lipinski definition) is 3. The van der Waals surface area contributed by atoms with E-state index in [0.717, 1.165) is 18.7 Å². The van der Waals surface area contributed by atoms with Gasteiger partial charge in [-0.3, -0.25) is 0 Å². The second-order valence-corrected chi connectivity index (χ2v) is 5.16. The molecule has 102 valence electrons. The van der Waals surface area contributed by atoms with Crippen LogP contribution in [0.2, 0.25) is 0 Å². The minimum Gasteiger partial charge on any atom is -0.389 e. The molecule has 0 saturated heterocycles. The first-order valence-electron chi connectivity index (χ1n) is 6.65. The number of hydrogen-bond donors (Lipinski definition) is 1. The van der Waals surface area contributed by atoms with Gasteiger partial charge in [-0.05, 0) is 52.6 Å². The molecule has 3 nitrogen and oxygen atoms in total. The highest BCUT2D eigenvalue weighted by molar-refractivity contribution is 5.48. The molecule has 2 atom stereocenters. The van der Waals surface area contributed by atoms with E-state index in [1.807, 2.05) is 12.1 Å². The van der Waals surface area contributed by atoms with E-state index in [0.29, 0.717) is 6.04 Å². The number of likely N-dealkylation sites (N-methyl/N-ethyl adjacent to an activating group) is 2. The molecule has 0 fully saturated rings. The molecule has 1 aromatic carbocycles. The standard InChI is InChI=1S/C15H26N2O/c1-6-17(12(2)11-16(4)5)15-9-7-14(8-10-15)13(3)18/h7-10,12-13,18H,6,11H2,1-5H3. The Hall–Kier alpha value is -1.06. The number of anilines is 1. The van der Waals surface area contributed by atoms with Crippen LogP contribution in [0.1, 0.15) is 32.4 Å². The zero-order chi connectivity index (χ0) is 13.7. The van der Waals surface area contributed by atoms with Gasteiger partial charge in [-0.2, -0.15) is 0 Å². The monoisotopic (exact) mass is 250 g/mol. The van der Waals surface area contributed by atoms with Gasteiger partial charge >= 0.3 is 0 Å². The van der Waals surface area contributed by atoms with Gasteiger partial charge in [0.2, 0.25) is 0 Å². The van der Waals surface area contributed by atoms with E-state index in [9.17, 15) is 5.11 Å². The Morgan fingerprint density at radius 1 is 1.11 bits per heavy atom. The number of rotatable bonds is 6. The van der Waals surface area contributed by atoms with E-state index >= 15 is 0 Å². The molecule has 0 radical (unpaired) electrons. The zero-order valence-electron chi connectivity index (χ0n) is 12.2. The molecule has 1 aromatic rings. The third-order valence-corrected chi connectivity index (χ3v) is 3.21. The Morgan fingerprint density at radius 3 is 2.06 bits per heavy atom. The smallest absolute Gasteiger partial charge is 0.0761 e. The second-order valence-electron chi connectivity index (χ2n) is 5.16. The minimum atomic E-state index is -0.395. The Morgan fingerprint density at radius 2 is 1.67 bits per heavy atom. The van der Waals surface area contributed by atoms with Gasteiger partial charge in [-0.15, -0.1) is 0 Å². The number of aliphatic hydroxyl groups is 1. The summed E-state index contributed by atoms with van der Waals surface area (Å²) in [7, 11) is 4.20. The van der Waals surface area contributed by atoms with Gasteiger partial charge in [-0.25, -0.2) is 0 Å². The lowest BCUT2D eigenvalue weighted by molar-refractivity contribution is 0.199. The molecular formula is C15H26N2O. The van der Waals surface area contributed by atoms with Crippen molar-refractivity contribution in [2.75, 3.05) is 32.1 Å². The van der Waals surface area contributed by atoms with Gasteiger partial charge in [0.15, 0.2) is 0 Å². The van der Waals surface area contributed by atoms with Crippen molar-refractivity contribution in [3.05, 3.63) is 29.8 Å². The fourth-order valence-electron chi connectivity index (χ4n) is 2.32. The van der Waals surface area contributed by atoms with Crippen molar-refractivity contribution in [3.63, 3.8) is 0 Å². The van der Waals surface area contributed by atoms with Crippen LogP contribution in [0.3, 0.4) is 0 Å². The summed E-state index contributed by atoms with van der Waals surface area (Å²) in [6, 6.07) is 8.67. The first-order valence-corrected chi connectivity index (χ1v) is 6.65. The maximum Gasteiger partial charge on any atom is 0.0761 e. The van der Waals surface area contributed by atoms with Gasteiger partial charge in [0.25, 0.3) is 0 Å². The topological polar surface area (TPSA) is 26.7 Å². The normalized spacial score (nSPS) is 14.6. The molecule has 0 aliphatic carbocycles. The molecule has 0 saturated carbocycles. The summed E-state index contributed by atoms with van der Waals surface area (Å²) in [5, 5.41) is 9.52. The van der Waals surface area contributed by atoms with Crippen molar-refractivity contribution in [2.45, 2.75) is 32.9 Å². The summed E-state index contributed by atoms with van der Waals surface area (Å²) in [4.78, 5) is 4.59. The highest BCUT2D eigenvalue weighted by Gasteiger charge is 2.13. The minimum absolute atomic E-state index is 0.395. The zero-order valence-corrected chi connectivity index (χ0v) is 12.2. The Labute approximate surface area is 111 Å². The van der Waals surface area contributed by atoms with Gasteiger partial charge in [-0.1, -0.05) is 12.1 Å². The first kappa shape index (κ1) is 15.0. The summed E-state index contributed by atoms with van der Waals surface area (Å²) in [5.74, 6) is 0. The van der Waals surface area contributed by atoms with E-state index < -0.39 is 6.10 Å². The van der Waals surface area contributed by atoms with Crippen LogP contribution in [0.4, 0.5) is 5.69 Å². The van der Waals surface area contributed by atoms with Gasteiger partial charge < -0.3 is 14.9 Å². The molecule has 1 rings (SSSR count). The fraction of sp³-hybridized carbons (Fsp3) is 0.600. The van der Waals surface area contributed by atoms with Crippen molar-refractivity contribution >= 4 is 5.69 Å². The molecule has 0 aliphatic rings. The third kappa shape index (κ3) is 4.00. The predicted octanol–water partition coefficient (Wildman–Crippen LogP) is 2.52. The Balaban J connectivity index is 2.81. The van der Waals surface area contributed by atoms with Crippen molar-refractivity contribution < 1.29 is 5.11 Å². The highest BCUT2D eigenvalue weighted by Crippen LogP contribution is 2.20. The molecule has 0 spiro atoms. The van der Waals surface area contributed by atoms with Crippen LogP contribution in [0.25, 0.3) is 0 Å². The van der Waals surface area contributed by atoms with Crippen LogP contribution in [0.15, 0.2) is 24.3 Å². The van der Waals surface area contributed by atoms with E-state index in [1.165, 1.54) is 5.69 Å². The second kappa shape index (κ2) is 6.76. The van der Waals surface area contributed by atoms with Crippen molar-refractivity contribution in [1.82, 2.24) is 4.90 Å². The lowest BCUT2D eigenvalue weighted by Crippen LogP contribution is -2.40. The molecule has 2 unspecified atom stereocenters. The molecule has 0 heterocycles. The summed E-state index contributed by atoms with van der Waals surface area (Å²) >= 11 is 0. The first-order chi connectivity index (χ1) is 8.45. The van der Waals surface area contributed by atoms with Crippen LogP contribution < -0.4 is 4.90 Å². The molecule has 3 heteroatoms. The molecule has 0 bridgehead atoms. The Bertz CT molecular complexity index is 346. The molecule has 0 aliphatic heterocycles. The van der Waals surface area contributed by atoms with Crippen molar-refractivity contribution in [2.24, 2.45) is 0 Å². The molecular weight excluding hydrogens is 224 g/mol. The quantitative estimate of drug-likeness (QED) is 0.840. The maximum absolute atomic E-state index is 9.52. The van der Waals surface area contributed by atoms with E-state index in [-0.39, 0.29) is 0 Å². The van der Waals surface area contributed by atoms with Crippen molar-refractivity contribution in [1.29, 1.82) is 0 Å². The number of benzene rings is 1. The average molecular weight is 250 g/mol. The van der Waals surface area contributed by atoms with Crippen LogP contribution in [0.5, 0.6) is 0 Å². The van der Waals surface area contributed by atoms with E-state index in [1.54, 1.807) is 6.92 Å². The van der Waals surface area contributed by atoms with Crippen molar-refractivity contribution in [3.8, 4) is 0 Å². The lowest BCUT2D eigenvalue weighted by atomic mass is 10.1. The maximum atomic E-state index is 9.52. The Kier molecular flexibility index (Phi) is 5.63. The van der Waals surface area contributed by atoms with Gasteiger partial charge in [0.1, 0.15) is 0 Å². The summed E-state index contributed by atoms with van der Waals surface area (Å²) < 4.78 is 0. The molecule has 18 heavy (non-hydrogen) atoms. The van der Waals surface area contributed by atoms with Crippen LogP contribution in [-0.4, -0.2) is 43.2 Å². The predicted molar refractivity (Wildman–Crippen MR) is 78.1 cm³/mol. The molecule has 0 amide bonds. The average Bonchev–Trinajstić information content (AvgIpc) is 2.29. The highest BCUT2D eigenvalue weighted by atomic mass is 16.3. The van der Waals surface area contributed by atoms with Crippen LogP contribution in [0, 0.1) is 0 Å². The van der Waals surface area contributed by atoms with E-state index in [2.05, 4.69) is 49.9 Å². The van der Waals surface area contributed by atoms with Gasteiger partial charge in [0.05, 0.1) is 6.10 Å². The third-order valence-electron chi connectivity index (χ3n) is 3.21. The summed E-state index contributed by atoms with van der Waals surface area (Å²) in [6.45, 7) is 8.23. The van der Waals surface area contributed by atoms with E-state index in [4.69, 9.17) is 0 Å². The largest absolute Gasteiger partial charge is 0.389 e. The number of aliphatic hydroxyl groups excluding tert-OH is 1. The van der Waals surface area contributed by atoms with Crippen LogP contribution in [-0.2, 0) is 0 Å². The SMILES string of the molecule is CCN(c1ccc(C(C)O)cc1)C(C)CN(C)C. The lowest BCUT2D eigenvalue weighted by Gasteiger charge is -2.32. The fourth-order valence-corrected chi connectivity index (χ4v) is 2.32. The summed E-state index contributed by atoms with van der Waals surface area (Å²) in [6.07, 6.45) is -0.395. The molecule has 1 N–H and O–H groups in total. The van der Waals surface area contributed by atoms with Gasteiger partial charge in [0, 0.05) is 24.8 Å². The van der Waals surface area contributed by atoms with Crippen LogP contribution >= 0.6 is 0 Å². The molecule has 0 aromatic heterocycles. The summed E-state index contributed by atoms with van der Waals surface area (Å²) in [5.41, 5.74) is 2.19.